The van der Waals surface area contributed by atoms with Crippen LogP contribution in [0.2, 0.25) is 0 Å². The molecule has 3 rings (SSSR count). The second-order valence-corrected chi connectivity index (χ2v) is 4.89. The van der Waals surface area contributed by atoms with Crippen LogP contribution in [0.25, 0.3) is 10.8 Å². The molecule has 0 radical (unpaired) electrons. The molecule has 3 aromatic rings. The number of carbonyl (C=O) groups is 1. The van der Waals surface area contributed by atoms with E-state index in [9.17, 15) is 4.79 Å². The average Bonchev–Trinajstić information content (AvgIpc) is 2.48. The highest BCUT2D eigenvalue weighted by atomic mass is 16.1. The van der Waals surface area contributed by atoms with Crippen molar-refractivity contribution in [3.8, 4) is 0 Å². The number of aromatic nitrogens is 1. The molecule has 0 N–H and O–H groups in total. The molecule has 20 heavy (non-hydrogen) atoms. The molecule has 2 aromatic carbocycles. The second-order valence-electron chi connectivity index (χ2n) is 4.89. The Balaban J connectivity index is 1.81. The molecule has 0 aliphatic rings. The van der Waals surface area contributed by atoms with E-state index in [1.54, 1.807) is 12.4 Å². The highest BCUT2D eigenvalue weighted by Crippen LogP contribution is 2.19. The Morgan fingerprint density at radius 2 is 1.75 bits per heavy atom. The van der Waals surface area contributed by atoms with Crippen molar-refractivity contribution in [2.75, 3.05) is 0 Å². The van der Waals surface area contributed by atoms with Crippen LogP contribution in [0.5, 0.6) is 0 Å². The lowest BCUT2D eigenvalue weighted by Gasteiger charge is -2.06. The summed E-state index contributed by atoms with van der Waals surface area (Å²) in [4.78, 5) is 16.2. The van der Waals surface area contributed by atoms with Gasteiger partial charge in [0, 0.05) is 25.2 Å². The van der Waals surface area contributed by atoms with Gasteiger partial charge in [0.1, 0.15) is 5.78 Å². The second kappa shape index (κ2) is 5.66. The normalized spacial score (nSPS) is 10.6. The number of hydrogen-bond donors (Lipinski definition) is 0. The molecule has 0 fully saturated rings. The standard InChI is InChI=1S/C18H15NO/c20-17(11-14-5-4-10-19-13-14)12-16-8-3-7-15-6-1-2-9-18(15)16/h1-10,13H,11-12H2. The summed E-state index contributed by atoms with van der Waals surface area (Å²) >= 11 is 0. The van der Waals surface area contributed by atoms with Crippen LogP contribution in [0, 0.1) is 0 Å². The van der Waals surface area contributed by atoms with E-state index in [1.807, 2.05) is 36.4 Å². The fourth-order valence-electron chi connectivity index (χ4n) is 2.45. The van der Waals surface area contributed by atoms with Gasteiger partial charge in [-0.3, -0.25) is 9.78 Å². The average molecular weight is 261 g/mol. The molecular formula is C18H15NO. The third kappa shape index (κ3) is 2.75. The lowest BCUT2D eigenvalue weighted by molar-refractivity contribution is -0.117. The van der Waals surface area contributed by atoms with E-state index in [0.29, 0.717) is 12.8 Å². The molecule has 1 heterocycles. The SMILES string of the molecule is O=C(Cc1cccnc1)Cc1cccc2ccccc12. The molecule has 0 atom stereocenters. The van der Waals surface area contributed by atoms with Gasteiger partial charge in [-0.2, -0.15) is 0 Å². The first-order valence-electron chi connectivity index (χ1n) is 6.70. The van der Waals surface area contributed by atoms with Gasteiger partial charge in [-0.25, -0.2) is 0 Å². The van der Waals surface area contributed by atoms with E-state index in [2.05, 4.69) is 23.2 Å². The lowest BCUT2D eigenvalue weighted by Crippen LogP contribution is -2.07. The van der Waals surface area contributed by atoms with Crippen molar-refractivity contribution in [1.82, 2.24) is 4.98 Å². The van der Waals surface area contributed by atoms with Gasteiger partial charge in [0.25, 0.3) is 0 Å². The van der Waals surface area contributed by atoms with Crippen molar-refractivity contribution in [3.63, 3.8) is 0 Å². The van der Waals surface area contributed by atoms with Crippen LogP contribution in [0.15, 0.2) is 67.0 Å². The number of fused-ring (bicyclic) bond motifs is 1. The van der Waals surface area contributed by atoms with Gasteiger partial charge in [0.2, 0.25) is 0 Å². The van der Waals surface area contributed by atoms with Crippen molar-refractivity contribution in [2.24, 2.45) is 0 Å². The molecule has 0 amide bonds. The van der Waals surface area contributed by atoms with Gasteiger partial charge in [0.05, 0.1) is 0 Å². The van der Waals surface area contributed by atoms with E-state index in [4.69, 9.17) is 0 Å². The van der Waals surface area contributed by atoms with Crippen LogP contribution in [0.4, 0.5) is 0 Å². The summed E-state index contributed by atoms with van der Waals surface area (Å²) in [5, 5.41) is 2.34. The summed E-state index contributed by atoms with van der Waals surface area (Å²) in [7, 11) is 0. The van der Waals surface area contributed by atoms with Crippen molar-refractivity contribution in [3.05, 3.63) is 78.1 Å². The van der Waals surface area contributed by atoms with Crippen LogP contribution in [-0.2, 0) is 17.6 Å². The first-order valence-corrected chi connectivity index (χ1v) is 6.70. The minimum atomic E-state index is 0.217. The van der Waals surface area contributed by atoms with Gasteiger partial charge >= 0.3 is 0 Å². The maximum atomic E-state index is 12.2. The number of pyridine rings is 1. The van der Waals surface area contributed by atoms with Gasteiger partial charge in [-0.1, -0.05) is 48.5 Å². The molecular weight excluding hydrogens is 246 g/mol. The third-order valence-electron chi connectivity index (χ3n) is 3.39. The molecule has 0 bridgehead atoms. The molecule has 0 unspecified atom stereocenters. The zero-order valence-corrected chi connectivity index (χ0v) is 11.1. The topological polar surface area (TPSA) is 30.0 Å². The van der Waals surface area contributed by atoms with Gasteiger partial charge < -0.3 is 0 Å². The van der Waals surface area contributed by atoms with Crippen molar-refractivity contribution < 1.29 is 4.79 Å². The molecule has 0 aliphatic carbocycles. The Bertz CT molecular complexity index is 729. The van der Waals surface area contributed by atoms with Gasteiger partial charge in [0.15, 0.2) is 0 Å². The molecule has 2 nitrogen and oxygen atoms in total. The largest absolute Gasteiger partial charge is 0.299 e. The zero-order chi connectivity index (χ0) is 13.8. The Kier molecular flexibility index (Phi) is 3.55. The van der Waals surface area contributed by atoms with Gasteiger partial charge in [-0.05, 0) is 28.0 Å². The van der Waals surface area contributed by atoms with Crippen molar-refractivity contribution in [1.29, 1.82) is 0 Å². The Morgan fingerprint density at radius 1 is 0.900 bits per heavy atom. The Morgan fingerprint density at radius 3 is 2.60 bits per heavy atom. The number of carbonyl (C=O) groups excluding carboxylic acids is 1. The fourth-order valence-corrected chi connectivity index (χ4v) is 2.45. The molecule has 0 spiro atoms. The monoisotopic (exact) mass is 261 g/mol. The maximum Gasteiger partial charge on any atom is 0.141 e. The Hall–Kier alpha value is -2.48. The van der Waals surface area contributed by atoms with Crippen LogP contribution in [0.1, 0.15) is 11.1 Å². The first-order chi connectivity index (χ1) is 9.83. The first kappa shape index (κ1) is 12.5. The third-order valence-corrected chi connectivity index (χ3v) is 3.39. The van der Waals surface area contributed by atoms with E-state index in [1.165, 1.54) is 5.39 Å². The molecule has 98 valence electrons. The smallest absolute Gasteiger partial charge is 0.141 e. The number of benzene rings is 2. The van der Waals surface area contributed by atoms with Crippen molar-refractivity contribution >= 4 is 16.6 Å². The number of Topliss-reactive ketones (excluding diaryl/α,β-unsaturated/α-hetero) is 1. The predicted molar refractivity (Wildman–Crippen MR) is 80.6 cm³/mol. The summed E-state index contributed by atoms with van der Waals surface area (Å²) in [6.45, 7) is 0. The quantitative estimate of drug-likeness (QED) is 0.718. The van der Waals surface area contributed by atoms with Crippen molar-refractivity contribution in [2.45, 2.75) is 12.8 Å². The molecule has 0 saturated heterocycles. The predicted octanol–water partition coefficient (Wildman–Crippen LogP) is 3.59. The molecule has 1 aromatic heterocycles. The summed E-state index contributed by atoms with van der Waals surface area (Å²) in [5.74, 6) is 0.217. The minimum Gasteiger partial charge on any atom is -0.299 e. The zero-order valence-electron chi connectivity index (χ0n) is 11.1. The highest BCUT2D eigenvalue weighted by Gasteiger charge is 2.08. The summed E-state index contributed by atoms with van der Waals surface area (Å²) in [5.41, 5.74) is 2.06. The lowest BCUT2D eigenvalue weighted by atomic mass is 9.98. The summed E-state index contributed by atoms with van der Waals surface area (Å²) in [6, 6.07) is 18.1. The van der Waals surface area contributed by atoms with Crippen LogP contribution in [-0.4, -0.2) is 10.8 Å². The Labute approximate surface area is 118 Å². The van der Waals surface area contributed by atoms with Crippen LogP contribution < -0.4 is 0 Å². The minimum absolute atomic E-state index is 0.217. The van der Waals surface area contributed by atoms with Gasteiger partial charge in [-0.15, -0.1) is 0 Å². The van der Waals surface area contributed by atoms with Crippen LogP contribution >= 0.6 is 0 Å². The summed E-state index contributed by atoms with van der Waals surface area (Å²) in [6.07, 6.45) is 4.38. The number of nitrogens with zero attached hydrogens (tertiary/aromatic N) is 1. The van der Waals surface area contributed by atoms with E-state index >= 15 is 0 Å². The number of hydrogen-bond acceptors (Lipinski definition) is 2. The van der Waals surface area contributed by atoms with Crippen LogP contribution in [0.3, 0.4) is 0 Å². The maximum absolute atomic E-state index is 12.2. The van der Waals surface area contributed by atoms with E-state index < -0.39 is 0 Å². The molecule has 0 aliphatic heterocycles. The van der Waals surface area contributed by atoms with E-state index in [-0.39, 0.29) is 5.78 Å². The number of ketones is 1. The fraction of sp³-hybridized carbons (Fsp3) is 0.111. The van der Waals surface area contributed by atoms with E-state index in [0.717, 1.165) is 16.5 Å². The highest BCUT2D eigenvalue weighted by molar-refractivity contribution is 5.91. The molecule has 0 saturated carbocycles. The summed E-state index contributed by atoms with van der Waals surface area (Å²) < 4.78 is 0. The number of rotatable bonds is 4. The molecule has 2 heteroatoms.